The lowest BCUT2D eigenvalue weighted by Gasteiger charge is -2.17. The lowest BCUT2D eigenvalue weighted by molar-refractivity contribution is 0.269. The molecule has 16 aromatic carbocycles. The quantitative estimate of drug-likeness (QED) is 0.0331. The molecule has 0 unspecified atom stereocenters. The van der Waals surface area contributed by atoms with Crippen molar-refractivity contribution in [2.24, 2.45) is 0 Å². The van der Waals surface area contributed by atoms with Crippen molar-refractivity contribution in [3.05, 3.63) is 543 Å². The molecule has 17 nitrogen and oxygen atoms in total. The minimum Gasteiger partial charge on any atom is -0.489 e. The molecule has 0 N–H and O–H groups in total. The van der Waals surface area contributed by atoms with Gasteiger partial charge in [0.15, 0.2) is 0 Å². The molecule has 17 heteroatoms. The van der Waals surface area contributed by atoms with Crippen molar-refractivity contribution in [3.8, 4) is 110 Å². The van der Waals surface area contributed by atoms with Crippen LogP contribution >= 0.6 is 0 Å². The SMILES string of the molecule is C(#Cc1cc(C#Cc2ccncc2)cc(OCc2cc(OCc3cc(OCc4cc(OCc5ccccc5)cc(OCc5ccccc5)c4)cc(OCc4cc(OCc5ccccc5)cc(OCc5ccccc5)c4)c3)cc(OCc3cc(OCc4cc(OCc5ccccc5)cc(OCc5ccccc5)c4)cc(OCc4cc(OCc5ccccc5)cc(OCc5ccccc5)c4)c3)c2)c1)c1ccncc1. The van der Waals surface area contributed by atoms with Gasteiger partial charge in [0.2, 0.25) is 0 Å². The second-order valence-corrected chi connectivity index (χ2v) is 33.6. The number of nitrogens with zero attached hydrogens (tertiary/aromatic N) is 2. The van der Waals surface area contributed by atoms with Gasteiger partial charge in [0.05, 0.1) is 0 Å². The molecule has 702 valence electrons. The van der Waals surface area contributed by atoms with Crippen molar-refractivity contribution in [3.63, 3.8) is 0 Å². The Morgan fingerprint density at radius 1 is 0.120 bits per heavy atom. The smallest absolute Gasteiger partial charge is 0.123 e. The van der Waals surface area contributed by atoms with Gasteiger partial charge in [0.1, 0.15) is 185 Å². The zero-order chi connectivity index (χ0) is 96.0. The van der Waals surface area contributed by atoms with Crippen LogP contribution in [0.25, 0.3) is 0 Å². The molecule has 0 saturated carbocycles. The summed E-state index contributed by atoms with van der Waals surface area (Å²) in [6, 6.07) is 134. The maximum absolute atomic E-state index is 7.05. The first-order valence-corrected chi connectivity index (χ1v) is 46.9. The topological polar surface area (TPSA) is 164 Å². The number of rotatable bonds is 45. The van der Waals surface area contributed by atoms with E-state index < -0.39 is 0 Å². The Balaban J connectivity index is 0.681. The molecule has 2 aromatic heterocycles. The molecule has 18 rings (SSSR count). The van der Waals surface area contributed by atoms with Crippen molar-refractivity contribution in [2.75, 3.05) is 0 Å². The Morgan fingerprint density at radius 3 is 0.394 bits per heavy atom. The molecule has 0 aliphatic heterocycles. The van der Waals surface area contributed by atoms with Gasteiger partial charge in [0, 0.05) is 89.5 Å². The van der Waals surface area contributed by atoms with Crippen LogP contribution in [0.15, 0.2) is 437 Å². The highest BCUT2D eigenvalue weighted by atomic mass is 16.5. The summed E-state index contributed by atoms with van der Waals surface area (Å²) >= 11 is 0. The lowest BCUT2D eigenvalue weighted by Crippen LogP contribution is -2.05. The molecule has 0 bridgehead atoms. The van der Waals surface area contributed by atoms with Crippen molar-refractivity contribution in [1.29, 1.82) is 0 Å². The number of hydrogen-bond acceptors (Lipinski definition) is 17. The zero-order valence-electron chi connectivity index (χ0n) is 78.2. The maximum atomic E-state index is 7.05. The fraction of sp³-hybridized carbons (Fsp3) is 0.120. The monoisotopic (exact) mass is 1870 g/mol. The highest BCUT2D eigenvalue weighted by Gasteiger charge is 2.18. The van der Waals surface area contributed by atoms with E-state index in [2.05, 4.69) is 33.6 Å². The molecule has 142 heavy (non-hydrogen) atoms. The second-order valence-electron chi connectivity index (χ2n) is 33.6. The first kappa shape index (κ1) is 94.3. The fourth-order valence-electron chi connectivity index (χ4n) is 15.2. The summed E-state index contributed by atoms with van der Waals surface area (Å²) < 4.78 is 100. The van der Waals surface area contributed by atoms with Gasteiger partial charge >= 0.3 is 0 Å². The van der Waals surface area contributed by atoms with Crippen LogP contribution in [0.2, 0.25) is 0 Å². The van der Waals surface area contributed by atoms with Gasteiger partial charge in [-0.05, 0) is 211 Å². The predicted molar refractivity (Wildman–Crippen MR) is 548 cm³/mol. The Hall–Kier alpha value is -18.1. The molecule has 0 radical (unpaired) electrons. The van der Waals surface area contributed by atoms with Crippen LogP contribution in [0.4, 0.5) is 0 Å². The average Bonchev–Trinajstić information content (AvgIpc) is 0.809. The van der Waals surface area contributed by atoms with Crippen LogP contribution < -0.4 is 71.1 Å². The molecule has 0 amide bonds. The first-order valence-electron chi connectivity index (χ1n) is 46.9. The molecule has 2 heterocycles. The summed E-state index contributed by atoms with van der Waals surface area (Å²) in [4.78, 5) is 8.42. The summed E-state index contributed by atoms with van der Waals surface area (Å²) in [7, 11) is 0. The van der Waals surface area contributed by atoms with Crippen molar-refractivity contribution < 1.29 is 71.1 Å². The predicted octanol–water partition coefficient (Wildman–Crippen LogP) is 27.0. The minimum absolute atomic E-state index is 0.0288. The van der Waals surface area contributed by atoms with Gasteiger partial charge in [0.25, 0.3) is 0 Å². The average molecular weight is 1870 g/mol. The van der Waals surface area contributed by atoms with E-state index in [9.17, 15) is 0 Å². The van der Waals surface area contributed by atoms with Crippen LogP contribution in [0.3, 0.4) is 0 Å². The van der Waals surface area contributed by atoms with Crippen molar-refractivity contribution >= 4 is 0 Å². The second kappa shape index (κ2) is 49.6. The van der Waals surface area contributed by atoms with Crippen molar-refractivity contribution in [1.82, 2.24) is 9.97 Å². The third kappa shape index (κ3) is 30.2. The number of pyridine rings is 2. The van der Waals surface area contributed by atoms with Gasteiger partial charge in [-0.15, -0.1) is 0 Å². The molecule has 0 aliphatic carbocycles. The first-order chi connectivity index (χ1) is 70.1. The number of hydrogen-bond donors (Lipinski definition) is 0. The normalized spacial score (nSPS) is 10.7. The van der Waals surface area contributed by atoms with E-state index in [1.807, 2.05) is 413 Å². The minimum atomic E-state index is 0.0288. The summed E-state index contributed by atoms with van der Waals surface area (Å²) in [5.41, 5.74) is 16.5. The maximum Gasteiger partial charge on any atom is 0.123 e. The molecule has 0 spiro atoms. The summed E-state index contributed by atoms with van der Waals surface area (Å²) in [6.45, 7) is 3.35. The van der Waals surface area contributed by atoms with Gasteiger partial charge in [-0.3, -0.25) is 9.97 Å². The summed E-state index contributed by atoms with van der Waals surface area (Å²) in [6.07, 6.45) is 6.87. The van der Waals surface area contributed by atoms with Gasteiger partial charge in [-0.25, -0.2) is 0 Å². The molecule has 0 aliphatic rings. The largest absolute Gasteiger partial charge is 0.489 e. The Kier molecular flexibility index (Phi) is 33.0. The zero-order valence-corrected chi connectivity index (χ0v) is 78.2. The Labute approximate surface area is 827 Å². The third-order valence-corrected chi connectivity index (χ3v) is 22.4. The number of aromatic nitrogens is 2. The van der Waals surface area contributed by atoms with E-state index in [0.29, 0.717) is 156 Å². The van der Waals surface area contributed by atoms with Crippen LogP contribution in [-0.2, 0) is 99.1 Å². The molecular formula is C125H102N2O15. The Bertz CT molecular complexity index is 6240. The third-order valence-electron chi connectivity index (χ3n) is 22.4. The molecule has 0 saturated heterocycles. The summed E-state index contributed by atoms with van der Waals surface area (Å²) in [5.74, 6) is 21.7. The molecule has 0 atom stereocenters. The van der Waals surface area contributed by atoms with Gasteiger partial charge < -0.3 is 71.1 Å². The lowest BCUT2D eigenvalue weighted by atomic mass is 10.1. The van der Waals surface area contributed by atoms with E-state index in [1.54, 1.807) is 24.8 Å². The standard InChI is InChI=1S/C125H102N2O15/c1-9-25-94(26-10-1)77-128-112-56-105(57-113(70-112)129-78-95-27-11-2-12-28-95)86-137-122-66-109(67-123(75-122)138-87-106-58-114(130-79-96-29-13-3-14-30-96)71-115(59-106)131-80-97-31-15-4-16-32-97)90-141-120-64-104(85-136-111-54-102(43-41-92-45-49-126-50-46-92)53-103(55-111)44-42-93-47-51-127-52-48-93)65-121(74-120)142-91-110-68-124(139-88-107-60-116(132-81-98-33-17-5-18-34-98)72-117(61-107)133-82-99-35-19-6-20-36-99)76-125(69-110)140-89-108-62-118(134-83-100-37-21-7-22-38-100)73-119(63-108)135-84-101-39-23-8-24-40-101/h1-40,45-76H,77-91H2. The van der Waals surface area contributed by atoms with Crippen LogP contribution in [0.5, 0.6) is 86.2 Å². The van der Waals surface area contributed by atoms with Gasteiger partial charge in [-0.1, -0.05) is 266 Å². The van der Waals surface area contributed by atoms with E-state index in [4.69, 9.17) is 71.1 Å². The van der Waals surface area contributed by atoms with Crippen LogP contribution in [-0.4, -0.2) is 9.97 Å². The van der Waals surface area contributed by atoms with Crippen LogP contribution in [0.1, 0.15) is 106 Å². The molecule has 0 fully saturated rings. The summed E-state index contributed by atoms with van der Waals surface area (Å²) in [5, 5.41) is 0. The van der Waals surface area contributed by atoms with E-state index in [-0.39, 0.29) is 46.2 Å². The van der Waals surface area contributed by atoms with Crippen molar-refractivity contribution in [2.45, 2.75) is 99.1 Å². The number of benzene rings is 16. The van der Waals surface area contributed by atoms with Gasteiger partial charge in [-0.2, -0.15) is 0 Å². The highest BCUT2D eigenvalue weighted by Crippen LogP contribution is 2.37. The van der Waals surface area contributed by atoms with Crippen LogP contribution in [0, 0.1) is 23.7 Å². The highest BCUT2D eigenvalue weighted by molar-refractivity contribution is 5.54. The molecular weight excluding hydrogens is 1770 g/mol. The molecule has 18 aromatic rings. The Morgan fingerprint density at radius 2 is 0.246 bits per heavy atom. The number of ether oxygens (including phenoxy) is 15. The van der Waals surface area contributed by atoms with E-state index >= 15 is 0 Å². The van der Waals surface area contributed by atoms with E-state index in [0.717, 1.165) is 89.0 Å². The van der Waals surface area contributed by atoms with E-state index in [1.165, 1.54) is 0 Å². The fourth-order valence-corrected chi connectivity index (χ4v) is 15.2.